The first kappa shape index (κ1) is 18.8. The Morgan fingerprint density at radius 2 is 1.13 bits per heavy atom. The zero-order valence-electron chi connectivity index (χ0n) is 15.7. The number of hydrogen-bond donors (Lipinski definition) is 1. The second-order valence-corrected chi connectivity index (χ2v) is 9.16. The Balaban J connectivity index is 1.41. The molecular formula is C24H16N2O2S2. The molecule has 0 saturated heterocycles. The van der Waals surface area contributed by atoms with E-state index < -0.39 is 0 Å². The van der Waals surface area contributed by atoms with E-state index in [1.54, 1.807) is 33.7 Å². The Morgan fingerprint density at radius 1 is 0.633 bits per heavy atom. The van der Waals surface area contributed by atoms with Gasteiger partial charge in [-0.15, -0.1) is 0 Å². The minimum Gasteiger partial charge on any atom is -0.399 e. The molecule has 2 N–H and O–H groups in total. The lowest BCUT2D eigenvalue weighted by molar-refractivity contribution is 0.0893. The fraction of sp³-hybridized carbons (Fsp3) is 0. The molecule has 1 aliphatic rings. The number of nitrogen functional groups attached to an aromatic ring is 1. The molecule has 146 valence electrons. The number of amides is 2. The number of hydrogen-bond acceptors (Lipinski definition) is 5. The van der Waals surface area contributed by atoms with E-state index in [9.17, 15) is 9.59 Å². The smallest absolute Gasteiger partial charge is 0.265 e. The van der Waals surface area contributed by atoms with E-state index in [4.69, 9.17) is 5.73 Å². The van der Waals surface area contributed by atoms with Gasteiger partial charge in [0.25, 0.3) is 11.8 Å². The van der Waals surface area contributed by atoms with Crippen LogP contribution >= 0.6 is 21.6 Å². The fourth-order valence-corrected chi connectivity index (χ4v) is 5.47. The van der Waals surface area contributed by atoms with E-state index in [0.717, 1.165) is 26.3 Å². The van der Waals surface area contributed by atoms with E-state index in [2.05, 4.69) is 0 Å². The lowest BCUT2D eigenvalue weighted by Gasteiger charge is -2.27. The molecule has 0 spiro atoms. The Labute approximate surface area is 181 Å². The van der Waals surface area contributed by atoms with Crippen LogP contribution in [-0.2, 0) is 0 Å². The molecule has 5 rings (SSSR count). The van der Waals surface area contributed by atoms with Crippen molar-refractivity contribution in [3.63, 3.8) is 0 Å². The summed E-state index contributed by atoms with van der Waals surface area (Å²) in [5.41, 5.74) is 8.14. The molecule has 0 bridgehead atoms. The lowest BCUT2D eigenvalue weighted by Crippen LogP contribution is -2.40. The maximum Gasteiger partial charge on any atom is 0.265 e. The number of carbonyl (C=O) groups excluding carboxylic acids is 2. The van der Waals surface area contributed by atoms with Crippen LogP contribution in [0.3, 0.4) is 0 Å². The molecule has 6 heteroatoms. The van der Waals surface area contributed by atoms with Crippen molar-refractivity contribution in [1.82, 2.24) is 0 Å². The van der Waals surface area contributed by atoms with E-state index in [-0.39, 0.29) is 11.8 Å². The van der Waals surface area contributed by atoms with Gasteiger partial charge in [-0.25, -0.2) is 4.90 Å². The van der Waals surface area contributed by atoms with Gasteiger partial charge in [-0.1, -0.05) is 45.9 Å². The average molecular weight is 429 g/mol. The van der Waals surface area contributed by atoms with Gasteiger partial charge in [0, 0.05) is 32.0 Å². The Kier molecular flexibility index (Phi) is 4.73. The van der Waals surface area contributed by atoms with Crippen molar-refractivity contribution in [2.75, 3.05) is 10.6 Å². The first-order valence-electron chi connectivity index (χ1n) is 9.32. The predicted octanol–water partition coefficient (Wildman–Crippen LogP) is 6.02. The molecule has 0 radical (unpaired) electrons. The molecule has 4 aromatic carbocycles. The molecule has 0 fully saturated rings. The Hall–Kier alpha value is -3.22. The first-order chi connectivity index (χ1) is 14.6. The third kappa shape index (κ3) is 3.24. The molecule has 1 heterocycles. The molecular weight excluding hydrogens is 412 g/mol. The monoisotopic (exact) mass is 428 g/mol. The van der Waals surface area contributed by atoms with Crippen LogP contribution in [0.4, 0.5) is 11.4 Å². The molecule has 30 heavy (non-hydrogen) atoms. The van der Waals surface area contributed by atoms with Crippen LogP contribution in [0.5, 0.6) is 0 Å². The second-order valence-electron chi connectivity index (χ2n) is 6.88. The van der Waals surface area contributed by atoms with E-state index in [1.807, 2.05) is 72.8 Å². The number of rotatable bonds is 4. The van der Waals surface area contributed by atoms with Gasteiger partial charge in [0.15, 0.2) is 0 Å². The third-order valence-electron chi connectivity index (χ3n) is 4.98. The van der Waals surface area contributed by atoms with E-state index in [0.29, 0.717) is 16.8 Å². The highest BCUT2D eigenvalue weighted by Crippen LogP contribution is 2.39. The summed E-state index contributed by atoms with van der Waals surface area (Å²) in [5, 5.41) is 1.64. The SMILES string of the molecule is Nc1ccc(SSc2ccc(N3C(=O)c4cccc5cccc(c45)C3=O)cc2)cc1. The van der Waals surface area contributed by atoms with Crippen LogP contribution in [0, 0.1) is 0 Å². The summed E-state index contributed by atoms with van der Waals surface area (Å²) in [5.74, 6) is -0.582. The quantitative estimate of drug-likeness (QED) is 0.245. The van der Waals surface area contributed by atoms with E-state index >= 15 is 0 Å². The standard InChI is InChI=1S/C24H16N2O2S2/c25-16-7-11-18(12-8-16)29-30-19-13-9-17(10-14-19)26-23(27)20-5-1-3-15-4-2-6-21(22(15)20)24(26)28/h1-14H,25H2. The summed E-state index contributed by atoms with van der Waals surface area (Å²) in [6.45, 7) is 0. The minimum absolute atomic E-state index is 0.291. The summed E-state index contributed by atoms with van der Waals surface area (Å²) in [6.07, 6.45) is 0. The minimum atomic E-state index is -0.291. The fourth-order valence-electron chi connectivity index (χ4n) is 3.54. The average Bonchev–Trinajstić information content (AvgIpc) is 2.78. The first-order valence-corrected chi connectivity index (χ1v) is 11.5. The zero-order valence-corrected chi connectivity index (χ0v) is 17.4. The van der Waals surface area contributed by atoms with Gasteiger partial charge in [0.05, 0.1) is 5.69 Å². The van der Waals surface area contributed by atoms with Gasteiger partial charge in [-0.3, -0.25) is 9.59 Å². The van der Waals surface area contributed by atoms with Gasteiger partial charge in [0.1, 0.15) is 0 Å². The van der Waals surface area contributed by atoms with Gasteiger partial charge in [0.2, 0.25) is 0 Å². The number of anilines is 2. The van der Waals surface area contributed by atoms with Crippen LogP contribution in [0.2, 0.25) is 0 Å². The van der Waals surface area contributed by atoms with Gasteiger partial charge in [-0.05, 0) is 66.0 Å². The zero-order chi connectivity index (χ0) is 20.7. The van der Waals surface area contributed by atoms with Crippen molar-refractivity contribution in [3.8, 4) is 0 Å². The van der Waals surface area contributed by atoms with Crippen molar-refractivity contribution in [3.05, 3.63) is 96.1 Å². The highest BCUT2D eigenvalue weighted by Gasteiger charge is 2.33. The Bertz CT molecular complexity index is 1230. The normalized spacial score (nSPS) is 13.1. The second kappa shape index (κ2) is 7.55. The summed E-state index contributed by atoms with van der Waals surface area (Å²) in [4.78, 5) is 29.6. The molecule has 4 aromatic rings. The largest absolute Gasteiger partial charge is 0.399 e. The Morgan fingerprint density at radius 3 is 1.67 bits per heavy atom. The highest BCUT2D eigenvalue weighted by molar-refractivity contribution is 8.76. The number of nitrogens with two attached hydrogens (primary N) is 1. The maximum atomic E-state index is 13.1. The number of carbonyl (C=O) groups is 2. The van der Waals surface area contributed by atoms with Crippen molar-refractivity contribution in [2.24, 2.45) is 0 Å². The van der Waals surface area contributed by atoms with Crippen LogP contribution in [0.25, 0.3) is 10.8 Å². The summed E-state index contributed by atoms with van der Waals surface area (Å²) < 4.78 is 0. The van der Waals surface area contributed by atoms with Gasteiger partial charge < -0.3 is 5.73 Å². The van der Waals surface area contributed by atoms with Crippen LogP contribution in [0.1, 0.15) is 20.7 Å². The summed E-state index contributed by atoms with van der Waals surface area (Å²) in [7, 11) is 3.23. The molecule has 0 aromatic heterocycles. The molecule has 0 aliphatic carbocycles. The molecule has 1 aliphatic heterocycles. The molecule has 0 unspecified atom stereocenters. The van der Waals surface area contributed by atoms with Crippen LogP contribution in [-0.4, -0.2) is 11.8 Å². The van der Waals surface area contributed by atoms with Gasteiger partial charge >= 0.3 is 0 Å². The molecule has 4 nitrogen and oxygen atoms in total. The predicted molar refractivity (Wildman–Crippen MR) is 124 cm³/mol. The molecule has 0 atom stereocenters. The van der Waals surface area contributed by atoms with Crippen molar-refractivity contribution < 1.29 is 9.59 Å². The van der Waals surface area contributed by atoms with Crippen molar-refractivity contribution >= 4 is 55.5 Å². The number of imide groups is 1. The summed E-state index contributed by atoms with van der Waals surface area (Å²) in [6, 6.07) is 26.3. The maximum absolute atomic E-state index is 13.1. The van der Waals surface area contributed by atoms with Crippen LogP contribution < -0.4 is 10.6 Å². The van der Waals surface area contributed by atoms with Crippen molar-refractivity contribution in [1.29, 1.82) is 0 Å². The summed E-state index contributed by atoms with van der Waals surface area (Å²) >= 11 is 0. The van der Waals surface area contributed by atoms with Gasteiger partial charge in [-0.2, -0.15) is 0 Å². The lowest BCUT2D eigenvalue weighted by atomic mass is 9.94. The van der Waals surface area contributed by atoms with Crippen LogP contribution in [0.15, 0.2) is 94.7 Å². The molecule has 0 saturated carbocycles. The topological polar surface area (TPSA) is 63.4 Å². The highest BCUT2D eigenvalue weighted by atomic mass is 33.1. The van der Waals surface area contributed by atoms with Crippen molar-refractivity contribution in [2.45, 2.75) is 9.79 Å². The number of nitrogens with zero attached hydrogens (tertiary/aromatic N) is 1. The third-order valence-corrected chi connectivity index (χ3v) is 7.40. The molecule has 2 amide bonds. The van der Waals surface area contributed by atoms with E-state index in [1.165, 1.54) is 4.90 Å². The number of benzene rings is 4.